The zero-order chi connectivity index (χ0) is 13.5. The zero-order valence-electron chi connectivity index (χ0n) is 10.8. The Morgan fingerprint density at radius 2 is 2.26 bits per heavy atom. The number of hydrogen-bond acceptors (Lipinski definition) is 4. The molecule has 3 rings (SSSR count). The minimum absolute atomic E-state index is 0.138. The third-order valence-electron chi connectivity index (χ3n) is 3.85. The molecule has 2 aliphatic rings. The maximum absolute atomic E-state index is 11.0. The third kappa shape index (κ3) is 2.14. The smallest absolute Gasteiger partial charge is 0.304 e. The number of aliphatic carboxylic acids is 1. The molecule has 0 bridgehead atoms. The molecule has 0 radical (unpaired) electrons. The molecule has 0 atom stereocenters. The highest BCUT2D eigenvalue weighted by molar-refractivity contribution is 5.71. The van der Waals surface area contributed by atoms with Crippen molar-refractivity contribution in [2.75, 3.05) is 13.9 Å². The molecule has 1 aromatic carbocycles. The van der Waals surface area contributed by atoms with Gasteiger partial charge in [0, 0.05) is 16.5 Å². The van der Waals surface area contributed by atoms with E-state index in [9.17, 15) is 4.79 Å². The Balaban J connectivity index is 2.02. The van der Waals surface area contributed by atoms with E-state index in [-0.39, 0.29) is 18.6 Å². The van der Waals surface area contributed by atoms with Gasteiger partial charge in [0.15, 0.2) is 6.79 Å². The second-order valence-corrected chi connectivity index (χ2v) is 5.12. The summed E-state index contributed by atoms with van der Waals surface area (Å²) in [4.78, 5) is 11.0. The van der Waals surface area contributed by atoms with Crippen molar-refractivity contribution >= 4 is 5.97 Å². The third-order valence-corrected chi connectivity index (χ3v) is 3.85. The van der Waals surface area contributed by atoms with Gasteiger partial charge >= 0.3 is 5.97 Å². The topological polar surface area (TPSA) is 65.0 Å². The molecule has 102 valence electrons. The molecule has 0 saturated heterocycles. The van der Waals surface area contributed by atoms with Gasteiger partial charge in [-0.15, -0.1) is 0 Å². The average Bonchev–Trinajstić information content (AvgIpc) is 3.17. The van der Waals surface area contributed by atoms with Gasteiger partial charge in [-0.1, -0.05) is 0 Å². The van der Waals surface area contributed by atoms with Crippen molar-refractivity contribution in [1.29, 1.82) is 0 Å². The Kier molecular flexibility index (Phi) is 2.86. The van der Waals surface area contributed by atoms with Crippen molar-refractivity contribution in [2.24, 2.45) is 0 Å². The van der Waals surface area contributed by atoms with Crippen LogP contribution in [0, 0.1) is 0 Å². The summed E-state index contributed by atoms with van der Waals surface area (Å²) < 4.78 is 16.1. The second kappa shape index (κ2) is 4.42. The fourth-order valence-electron chi connectivity index (χ4n) is 2.67. The summed E-state index contributed by atoms with van der Waals surface area (Å²) >= 11 is 0. The van der Waals surface area contributed by atoms with Gasteiger partial charge in [-0.05, 0) is 25.0 Å². The molecular formula is C14H16O5. The van der Waals surface area contributed by atoms with Gasteiger partial charge in [0.1, 0.15) is 11.5 Å². The molecule has 1 aliphatic heterocycles. The zero-order valence-corrected chi connectivity index (χ0v) is 10.8. The Bertz CT molecular complexity index is 519. The number of rotatable bonds is 4. The number of carboxylic acid groups (broad SMARTS) is 1. The lowest BCUT2D eigenvalue weighted by Gasteiger charge is -2.23. The van der Waals surface area contributed by atoms with Crippen LogP contribution in [-0.4, -0.2) is 25.0 Å². The quantitative estimate of drug-likeness (QED) is 0.901. The molecule has 1 aliphatic carbocycles. The van der Waals surface area contributed by atoms with Crippen LogP contribution in [0.1, 0.15) is 30.4 Å². The van der Waals surface area contributed by atoms with Crippen LogP contribution in [0.5, 0.6) is 11.5 Å². The summed E-state index contributed by atoms with van der Waals surface area (Å²) in [5.74, 6) is 0.729. The monoisotopic (exact) mass is 264 g/mol. The lowest BCUT2D eigenvalue weighted by Crippen LogP contribution is -2.17. The molecule has 1 saturated carbocycles. The molecule has 0 amide bonds. The van der Waals surface area contributed by atoms with E-state index in [1.54, 1.807) is 7.11 Å². The van der Waals surface area contributed by atoms with Crippen LogP contribution in [0.25, 0.3) is 0 Å². The average molecular weight is 264 g/mol. The first-order valence-corrected chi connectivity index (χ1v) is 6.28. The molecule has 1 N–H and O–H groups in total. The summed E-state index contributed by atoms with van der Waals surface area (Å²) in [7, 11) is 1.60. The van der Waals surface area contributed by atoms with Gasteiger partial charge in [-0.25, -0.2) is 0 Å². The first kappa shape index (κ1) is 12.3. The number of benzene rings is 1. The lowest BCUT2D eigenvalue weighted by atomic mass is 9.90. The van der Waals surface area contributed by atoms with Gasteiger partial charge in [0.2, 0.25) is 0 Å². The first-order chi connectivity index (χ1) is 9.14. The molecule has 1 heterocycles. The van der Waals surface area contributed by atoms with E-state index in [0.717, 1.165) is 35.5 Å². The van der Waals surface area contributed by atoms with Crippen LogP contribution in [0.2, 0.25) is 0 Å². The summed E-state index contributed by atoms with van der Waals surface area (Å²) in [6, 6.07) is 3.82. The largest absolute Gasteiger partial charge is 0.496 e. The van der Waals surface area contributed by atoms with E-state index in [1.165, 1.54) is 0 Å². The Morgan fingerprint density at radius 3 is 2.89 bits per heavy atom. The molecule has 1 aromatic rings. The van der Waals surface area contributed by atoms with Gasteiger partial charge in [0.05, 0.1) is 20.1 Å². The van der Waals surface area contributed by atoms with Crippen LogP contribution in [0.3, 0.4) is 0 Å². The number of ether oxygens (including phenoxy) is 3. The Morgan fingerprint density at radius 1 is 1.47 bits per heavy atom. The van der Waals surface area contributed by atoms with Gasteiger partial charge in [-0.3, -0.25) is 4.79 Å². The summed E-state index contributed by atoms with van der Waals surface area (Å²) in [5.41, 5.74) is 1.60. The van der Waals surface area contributed by atoms with E-state index in [4.69, 9.17) is 19.3 Å². The van der Waals surface area contributed by atoms with Crippen LogP contribution in [-0.2, 0) is 21.6 Å². The molecule has 0 spiro atoms. The number of carboxylic acids is 1. The van der Waals surface area contributed by atoms with E-state index in [2.05, 4.69) is 0 Å². The fraction of sp³-hybridized carbons (Fsp3) is 0.500. The van der Waals surface area contributed by atoms with E-state index in [1.807, 2.05) is 12.1 Å². The molecule has 0 aromatic heterocycles. The predicted molar refractivity (Wildman–Crippen MR) is 66.4 cm³/mol. The minimum atomic E-state index is -0.776. The number of fused-ring (bicyclic) bond motifs is 1. The van der Waals surface area contributed by atoms with Gasteiger partial charge in [-0.2, -0.15) is 0 Å². The van der Waals surface area contributed by atoms with Crippen LogP contribution >= 0.6 is 0 Å². The SMILES string of the molecule is COc1cc2c(cc1C1(CC(=O)O)CC1)OCOC2. The highest BCUT2D eigenvalue weighted by Crippen LogP contribution is 2.55. The molecule has 5 nitrogen and oxygen atoms in total. The van der Waals surface area contributed by atoms with Crippen molar-refractivity contribution in [1.82, 2.24) is 0 Å². The number of hydrogen-bond donors (Lipinski definition) is 1. The fourth-order valence-corrected chi connectivity index (χ4v) is 2.67. The van der Waals surface area contributed by atoms with Crippen molar-refractivity contribution in [3.05, 3.63) is 23.3 Å². The van der Waals surface area contributed by atoms with Crippen LogP contribution in [0.4, 0.5) is 0 Å². The standard InChI is InChI=1S/C14H16O5/c1-17-12-4-9-7-18-8-19-11(9)5-10(12)14(2-3-14)6-13(15)16/h4-5H,2-3,6-8H2,1H3,(H,15,16). The molecule has 5 heteroatoms. The lowest BCUT2D eigenvalue weighted by molar-refractivity contribution is -0.137. The highest BCUT2D eigenvalue weighted by atomic mass is 16.7. The molecular weight excluding hydrogens is 248 g/mol. The van der Waals surface area contributed by atoms with Crippen LogP contribution in [0.15, 0.2) is 12.1 Å². The van der Waals surface area contributed by atoms with Gasteiger partial charge in [0.25, 0.3) is 0 Å². The summed E-state index contributed by atoms with van der Waals surface area (Å²) in [6.07, 6.45) is 1.90. The van der Waals surface area contributed by atoms with E-state index >= 15 is 0 Å². The van der Waals surface area contributed by atoms with Crippen molar-refractivity contribution < 1.29 is 24.1 Å². The highest BCUT2D eigenvalue weighted by Gasteiger charge is 2.48. The van der Waals surface area contributed by atoms with Crippen LogP contribution < -0.4 is 9.47 Å². The predicted octanol–water partition coefficient (Wildman–Crippen LogP) is 2.07. The first-order valence-electron chi connectivity index (χ1n) is 6.28. The minimum Gasteiger partial charge on any atom is -0.496 e. The Hall–Kier alpha value is -1.75. The molecule has 19 heavy (non-hydrogen) atoms. The number of carbonyl (C=O) groups is 1. The second-order valence-electron chi connectivity index (χ2n) is 5.12. The molecule has 1 fully saturated rings. The van der Waals surface area contributed by atoms with E-state index < -0.39 is 5.97 Å². The normalized spacial score (nSPS) is 19.2. The Labute approximate surface area is 111 Å². The van der Waals surface area contributed by atoms with E-state index in [0.29, 0.717) is 6.61 Å². The summed E-state index contributed by atoms with van der Waals surface area (Å²) in [6.45, 7) is 0.739. The summed E-state index contributed by atoms with van der Waals surface area (Å²) in [5, 5.41) is 9.06. The molecule has 0 unspecified atom stereocenters. The van der Waals surface area contributed by atoms with Gasteiger partial charge < -0.3 is 19.3 Å². The number of methoxy groups -OCH3 is 1. The van der Waals surface area contributed by atoms with Crippen molar-refractivity contribution in [3.8, 4) is 11.5 Å². The maximum atomic E-state index is 11.0. The van der Waals surface area contributed by atoms with Crippen molar-refractivity contribution in [2.45, 2.75) is 31.3 Å². The maximum Gasteiger partial charge on any atom is 0.304 e. The van der Waals surface area contributed by atoms with Crippen molar-refractivity contribution in [3.63, 3.8) is 0 Å².